The molecule has 0 atom stereocenters. The fourth-order valence-electron chi connectivity index (χ4n) is 1.24. The van der Waals surface area contributed by atoms with Crippen LogP contribution in [-0.4, -0.2) is 35.2 Å². The molecule has 0 saturated carbocycles. The van der Waals surface area contributed by atoms with Gasteiger partial charge in [-0.15, -0.1) is 0 Å². The molecule has 0 bridgehead atoms. The molecule has 7 heteroatoms. The molecule has 2 N–H and O–H groups in total. The molecule has 19 heavy (non-hydrogen) atoms. The topological polar surface area (TPSA) is 88.5 Å². The lowest BCUT2D eigenvalue weighted by atomic mass is 10.3. The molecule has 104 valence electrons. The predicted octanol–water partition coefficient (Wildman–Crippen LogP) is 2.00. The first-order valence-electron chi connectivity index (χ1n) is 5.86. The van der Waals surface area contributed by atoms with Crippen LogP contribution in [0.25, 0.3) is 6.08 Å². The third kappa shape index (κ3) is 6.68. The van der Waals surface area contributed by atoms with Crippen LogP contribution in [0.3, 0.4) is 0 Å². The van der Waals surface area contributed by atoms with E-state index in [-0.39, 0.29) is 5.91 Å². The minimum absolute atomic E-state index is 0.122. The highest BCUT2D eigenvalue weighted by molar-refractivity contribution is 7.16. The zero-order chi connectivity index (χ0) is 14.1. The molecule has 0 aliphatic rings. The van der Waals surface area contributed by atoms with Crippen LogP contribution < -0.4 is 5.32 Å². The van der Waals surface area contributed by atoms with Gasteiger partial charge in [0.15, 0.2) is 5.13 Å². The molecule has 0 fully saturated rings. The molecule has 0 radical (unpaired) electrons. The SMILES string of the molecule is CCOCCCC(=O)Nc1ncc(C=CC(=O)O)s1. The molecule has 1 rings (SSSR count). The number of thiazole rings is 1. The highest BCUT2D eigenvalue weighted by Crippen LogP contribution is 2.19. The van der Waals surface area contributed by atoms with Crippen LogP contribution in [0.2, 0.25) is 0 Å². The number of carbonyl (C=O) groups excluding carboxylic acids is 1. The van der Waals surface area contributed by atoms with Crippen molar-refractivity contribution in [2.45, 2.75) is 19.8 Å². The van der Waals surface area contributed by atoms with Gasteiger partial charge in [0.05, 0.1) is 0 Å². The Hall–Kier alpha value is -1.73. The van der Waals surface area contributed by atoms with Crippen molar-refractivity contribution in [1.82, 2.24) is 4.98 Å². The average Bonchev–Trinajstić information content (AvgIpc) is 2.80. The van der Waals surface area contributed by atoms with Gasteiger partial charge in [-0.05, 0) is 19.4 Å². The number of carboxylic acid groups (broad SMARTS) is 1. The van der Waals surface area contributed by atoms with Gasteiger partial charge in [-0.25, -0.2) is 9.78 Å². The normalized spacial score (nSPS) is 10.8. The molecule has 0 aliphatic heterocycles. The third-order valence-corrected chi connectivity index (χ3v) is 2.93. The molecule has 0 spiro atoms. The second-order valence-corrected chi connectivity index (χ2v) is 4.65. The monoisotopic (exact) mass is 284 g/mol. The summed E-state index contributed by atoms with van der Waals surface area (Å²) in [5.41, 5.74) is 0. The van der Waals surface area contributed by atoms with Gasteiger partial charge >= 0.3 is 5.97 Å². The number of ether oxygens (including phenoxy) is 1. The number of nitrogens with zero attached hydrogens (tertiary/aromatic N) is 1. The number of amides is 1. The second kappa shape index (κ2) is 8.39. The molecule has 0 saturated heterocycles. The second-order valence-electron chi connectivity index (χ2n) is 3.59. The number of carboxylic acids is 1. The Morgan fingerprint density at radius 1 is 1.58 bits per heavy atom. The Balaban J connectivity index is 2.36. The Morgan fingerprint density at radius 2 is 2.37 bits per heavy atom. The maximum Gasteiger partial charge on any atom is 0.328 e. The highest BCUT2D eigenvalue weighted by atomic mass is 32.1. The first-order chi connectivity index (χ1) is 9.11. The van der Waals surface area contributed by atoms with E-state index >= 15 is 0 Å². The van der Waals surface area contributed by atoms with Crippen molar-refractivity contribution < 1.29 is 19.4 Å². The molecule has 1 aromatic heterocycles. The van der Waals surface area contributed by atoms with E-state index in [1.807, 2.05) is 6.92 Å². The van der Waals surface area contributed by atoms with E-state index in [0.717, 1.165) is 6.08 Å². The average molecular weight is 284 g/mol. The number of nitrogens with one attached hydrogen (secondary N) is 1. The quantitative estimate of drug-likeness (QED) is 0.563. The van der Waals surface area contributed by atoms with Gasteiger partial charge in [0.25, 0.3) is 0 Å². The number of anilines is 1. The van der Waals surface area contributed by atoms with Crippen molar-refractivity contribution in [3.05, 3.63) is 17.2 Å². The summed E-state index contributed by atoms with van der Waals surface area (Å²) in [5, 5.41) is 11.6. The summed E-state index contributed by atoms with van der Waals surface area (Å²) in [4.78, 5) is 26.5. The molecule has 1 amide bonds. The Labute approximate surface area is 115 Å². The smallest absolute Gasteiger partial charge is 0.328 e. The van der Waals surface area contributed by atoms with Crippen molar-refractivity contribution in [2.75, 3.05) is 18.5 Å². The lowest BCUT2D eigenvalue weighted by Gasteiger charge is -2.01. The Kier molecular flexibility index (Phi) is 6.76. The lowest BCUT2D eigenvalue weighted by Crippen LogP contribution is -2.11. The van der Waals surface area contributed by atoms with Crippen molar-refractivity contribution in [1.29, 1.82) is 0 Å². The van der Waals surface area contributed by atoms with Gasteiger partial charge in [-0.1, -0.05) is 11.3 Å². The molecular weight excluding hydrogens is 268 g/mol. The number of aromatic nitrogens is 1. The number of hydrogen-bond donors (Lipinski definition) is 2. The molecular formula is C12H16N2O4S. The zero-order valence-corrected chi connectivity index (χ0v) is 11.4. The number of hydrogen-bond acceptors (Lipinski definition) is 5. The summed E-state index contributed by atoms with van der Waals surface area (Å²) in [6.45, 7) is 3.11. The van der Waals surface area contributed by atoms with Gasteiger partial charge in [0, 0.05) is 36.8 Å². The predicted molar refractivity (Wildman–Crippen MR) is 73.1 cm³/mol. The van der Waals surface area contributed by atoms with E-state index in [9.17, 15) is 9.59 Å². The Morgan fingerprint density at radius 3 is 3.05 bits per heavy atom. The van der Waals surface area contributed by atoms with Crippen molar-refractivity contribution in [2.24, 2.45) is 0 Å². The van der Waals surface area contributed by atoms with E-state index in [1.165, 1.54) is 23.6 Å². The molecule has 0 aliphatic carbocycles. The van der Waals surface area contributed by atoms with Crippen LogP contribution in [0.1, 0.15) is 24.6 Å². The zero-order valence-electron chi connectivity index (χ0n) is 10.6. The van der Waals surface area contributed by atoms with E-state index < -0.39 is 5.97 Å². The van der Waals surface area contributed by atoms with E-state index in [1.54, 1.807) is 0 Å². The molecule has 1 aromatic rings. The van der Waals surface area contributed by atoms with Gasteiger partial charge in [0.2, 0.25) is 5.91 Å². The van der Waals surface area contributed by atoms with E-state index in [4.69, 9.17) is 9.84 Å². The molecule has 0 unspecified atom stereocenters. The standard InChI is InChI=1S/C12H16N2O4S/c1-2-18-7-3-4-10(15)14-12-13-8-9(19-12)5-6-11(16)17/h5-6,8H,2-4,7H2,1H3,(H,16,17)(H,13,14,15). The number of aliphatic carboxylic acids is 1. The maximum atomic E-state index is 11.5. The first kappa shape index (κ1) is 15.3. The van der Waals surface area contributed by atoms with Crippen LogP contribution in [-0.2, 0) is 14.3 Å². The first-order valence-corrected chi connectivity index (χ1v) is 6.68. The van der Waals surface area contributed by atoms with Gasteiger partial charge in [-0.3, -0.25) is 4.79 Å². The van der Waals surface area contributed by atoms with Crippen molar-refractivity contribution in [3.8, 4) is 0 Å². The van der Waals surface area contributed by atoms with E-state index in [0.29, 0.717) is 36.1 Å². The highest BCUT2D eigenvalue weighted by Gasteiger charge is 2.05. The summed E-state index contributed by atoms with van der Waals surface area (Å²) < 4.78 is 5.13. The third-order valence-electron chi connectivity index (χ3n) is 2.06. The van der Waals surface area contributed by atoms with Gasteiger partial charge in [0.1, 0.15) is 0 Å². The summed E-state index contributed by atoms with van der Waals surface area (Å²) in [6.07, 6.45) is 5.02. The largest absolute Gasteiger partial charge is 0.478 e. The maximum absolute atomic E-state index is 11.5. The van der Waals surface area contributed by atoms with Crippen LogP contribution >= 0.6 is 11.3 Å². The minimum atomic E-state index is -1.02. The minimum Gasteiger partial charge on any atom is -0.478 e. The molecule has 6 nitrogen and oxygen atoms in total. The fourth-order valence-corrected chi connectivity index (χ4v) is 1.97. The van der Waals surface area contributed by atoms with Crippen LogP contribution in [0.4, 0.5) is 5.13 Å². The summed E-state index contributed by atoms with van der Waals surface area (Å²) in [5.74, 6) is -1.14. The summed E-state index contributed by atoms with van der Waals surface area (Å²) in [6, 6.07) is 0. The Bertz CT molecular complexity index is 456. The molecule has 0 aromatic carbocycles. The van der Waals surface area contributed by atoms with Crippen LogP contribution in [0.15, 0.2) is 12.3 Å². The van der Waals surface area contributed by atoms with Crippen molar-refractivity contribution in [3.63, 3.8) is 0 Å². The number of rotatable bonds is 8. The lowest BCUT2D eigenvalue weighted by molar-refractivity contribution is -0.131. The van der Waals surface area contributed by atoms with Gasteiger partial charge < -0.3 is 15.2 Å². The van der Waals surface area contributed by atoms with E-state index in [2.05, 4.69) is 10.3 Å². The fraction of sp³-hybridized carbons (Fsp3) is 0.417. The van der Waals surface area contributed by atoms with Crippen LogP contribution in [0, 0.1) is 0 Å². The van der Waals surface area contributed by atoms with Crippen LogP contribution in [0.5, 0.6) is 0 Å². The van der Waals surface area contributed by atoms with Gasteiger partial charge in [-0.2, -0.15) is 0 Å². The molecule has 1 heterocycles. The summed E-state index contributed by atoms with van der Waals surface area (Å²) in [7, 11) is 0. The number of carbonyl (C=O) groups is 2. The van der Waals surface area contributed by atoms with Crippen molar-refractivity contribution >= 4 is 34.4 Å². The summed E-state index contributed by atoms with van der Waals surface area (Å²) >= 11 is 1.22.